The summed E-state index contributed by atoms with van der Waals surface area (Å²) < 4.78 is 28.8. The predicted octanol–water partition coefficient (Wildman–Crippen LogP) is 5.92. The van der Waals surface area contributed by atoms with Gasteiger partial charge in [-0.2, -0.15) is 8.78 Å². The molecule has 1 nitrogen and oxygen atoms in total. The molecule has 0 saturated carbocycles. The first-order chi connectivity index (χ1) is 11.5. The van der Waals surface area contributed by atoms with Crippen molar-refractivity contribution in [2.75, 3.05) is 0 Å². The van der Waals surface area contributed by atoms with Crippen molar-refractivity contribution in [2.45, 2.75) is 70.2 Å². The van der Waals surface area contributed by atoms with Crippen molar-refractivity contribution >= 4 is 14.1 Å². The number of alkyl halides is 2. The monoisotopic (exact) mass is 364 g/mol. The van der Waals surface area contributed by atoms with E-state index >= 15 is 0 Å². The van der Waals surface area contributed by atoms with Gasteiger partial charge in [0, 0.05) is 0 Å². The second kappa shape index (κ2) is 8.78. The number of benzene rings is 1. The van der Waals surface area contributed by atoms with E-state index in [-0.39, 0.29) is 16.6 Å². The Morgan fingerprint density at radius 2 is 1.44 bits per heavy atom. The average Bonchev–Trinajstić information content (AvgIpc) is 2.52. The lowest BCUT2D eigenvalue weighted by Crippen LogP contribution is -2.44. The van der Waals surface area contributed by atoms with Crippen LogP contribution in [0.2, 0.25) is 16.6 Å². The van der Waals surface area contributed by atoms with E-state index in [1.165, 1.54) is 6.08 Å². The molecule has 0 fully saturated rings. The van der Waals surface area contributed by atoms with E-state index in [0.29, 0.717) is 0 Å². The second-order valence-corrected chi connectivity index (χ2v) is 13.1. The Kier molecular flexibility index (Phi) is 7.58. The van der Waals surface area contributed by atoms with Crippen molar-refractivity contribution in [1.82, 2.24) is 0 Å². The van der Waals surface area contributed by atoms with Crippen LogP contribution in [0.5, 0.6) is 0 Å². The number of aliphatic hydroxyl groups excluding tert-OH is 1. The Balaban J connectivity index is 3.10. The fraction of sp³-hybridized carbons (Fsp3) is 0.524. The molecule has 1 rings (SSSR count). The molecule has 138 valence electrons. The Hall–Kier alpha value is -1.44. The molecule has 0 aliphatic carbocycles. The van der Waals surface area contributed by atoms with Gasteiger partial charge in [0.1, 0.15) is 14.2 Å². The van der Waals surface area contributed by atoms with Crippen LogP contribution in [-0.4, -0.2) is 25.2 Å². The van der Waals surface area contributed by atoms with Crippen LogP contribution in [0.25, 0.3) is 6.08 Å². The zero-order valence-electron chi connectivity index (χ0n) is 16.1. The largest absolute Gasteiger partial charge is 0.382 e. The molecule has 1 aromatic carbocycles. The van der Waals surface area contributed by atoms with E-state index in [1.54, 1.807) is 12.1 Å². The summed E-state index contributed by atoms with van der Waals surface area (Å²) in [6.07, 6.45) is 0.699. The molecule has 1 unspecified atom stereocenters. The third kappa shape index (κ3) is 5.26. The Morgan fingerprint density at radius 3 is 1.88 bits per heavy atom. The molecule has 1 N–H and O–H groups in total. The van der Waals surface area contributed by atoms with E-state index in [2.05, 4.69) is 53.0 Å². The highest BCUT2D eigenvalue weighted by Crippen LogP contribution is 2.41. The fourth-order valence-corrected chi connectivity index (χ4v) is 8.83. The van der Waals surface area contributed by atoms with E-state index in [9.17, 15) is 13.9 Å². The maximum Gasteiger partial charge on any atom is 0.336 e. The number of rotatable bonds is 6. The summed E-state index contributed by atoms with van der Waals surface area (Å²) in [4.78, 5) is 0. The minimum absolute atomic E-state index is 0.271. The normalized spacial score (nSPS) is 14.2. The Labute approximate surface area is 152 Å². The highest BCUT2D eigenvalue weighted by molar-refractivity contribution is 6.90. The number of halogens is 2. The summed E-state index contributed by atoms with van der Waals surface area (Å²) in [6, 6.07) is 9.07. The first-order valence-electron chi connectivity index (χ1n) is 8.87. The van der Waals surface area contributed by atoms with Crippen LogP contribution in [0, 0.1) is 11.5 Å². The van der Waals surface area contributed by atoms with Gasteiger partial charge in [0.05, 0.1) is 0 Å². The van der Waals surface area contributed by atoms with Crippen LogP contribution in [0.4, 0.5) is 8.78 Å². The van der Waals surface area contributed by atoms with Crippen molar-refractivity contribution < 1.29 is 13.9 Å². The summed E-state index contributed by atoms with van der Waals surface area (Å²) in [7, 11) is -2.25. The zero-order chi connectivity index (χ0) is 19.3. The molecule has 0 aliphatic heterocycles. The van der Waals surface area contributed by atoms with Gasteiger partial charge in [-0.3, -0.25) is 0 Å². The molecule has 1 atom stereocenters. The van der Waals surface area contributed by atoms with Crippen molar-refractivity contribution in [3.8, 4) is 11.5 Å². The van der Waals surface area contributed by atoms with Gasteiger partial charge in [0.15, 0.2) is 0 Å². The summed E-state index contributed by atoms with van der Waals surface area (Å²) >= 11 is 0. The number of aliphatic hydroxyl groups is 1. The van der Waals surface area contributed by atoms with Crippen LogP contribution >= 0.6 is 0 Å². The van der Waals surface area contributed by atoms with Crippen molar-refractivity contribution in [2.24, 2.45) is 0 Å². The topological polar surface area (TPSA) is 20.2 Å². The van der Waals surface area contributed by atoms with E-state index in [1.807, 2.05) is 18.2 Å². The van der Waals surface area contributed by atoms with Crippen molar-refractivity contribution in [1.29, 1.82) is 0 Å². The van der Waals surface area contributed by atoms with Crippen LogP contribution in [0.15, 0.2) is 36.4 Å². The van der Waals surface area contributed by atoms with Gasteiger partial charge >= 0.3 is 5.92 Å². The third-order valence-electron chi connectivity index (χ3n) is 4.95. The Morgan fingerprint density at radius 1 is 0.960 bits per heavy atom. The van der Waals surface area contributed by atoms with Crippen molar-refractivity contribution in [3.63, 3.8) is 0 Å². The SMILES string of the molecule is CC(C)[Si](C#CC(F)(F)C(O)/C=C/c1ccccc1)(C(C)C)C(C)C. The standard InChI is InChI=1S/C21H30F2OSi/c1-16(2)25(17(3)4,18(5)6)15-14-21(22,23)20(24)13-12-19-10-8-7-9-11-19/h7-13,16-18,20,24H,1-6H3/b13-12+. The minimum atomic E-state index is -3.46. The van der Waals surface area contributed by atoms with Gasteiger partial charge in [-0.15, -0.1) is 5.54 Å². The molecule has 0 aliphatic rings. The maximum atomic E-state index is 14.4. The van der Waals surface area contributed by atoms with E-state index < -0.39 is 20.1 Å². The highest BCUT2D eigenvalue weighted by atomic mass is 28.3. The molecule has 0 radical (unpaired) electrons. The molecule has 0 heterocycles. The lowest BCUT2D eigenvalue weighted by atomic mass is 10.1. The summed E-state index contributed by atoms with van der Waals surface area (Å²) in [5, 5.41) is 9.93. The molecular weight excluding hydrogens is 334 g/mol. The zero-order valence-corrected chi connectivity index (χ0v) is 17.1. The fourth-order valence-electron chi connectivity index (χ4n) is 3.59. The summed E-state index contributed by atoms with van der Waals surface area (Å²) in [5.41, 5.74) is 4.57. The minimum Gasteiger partial charge on any atom is -0.382 e. The van der Waals surface area contributed by atoms with E-state index in [4.69, 9.17) is 0 Å². The lowest BCUT2D eigenvalue weighted by Gasteiger charge is -2.38. The molecular formula is C21H30F2OSi. The third-order valence-corrected chi connectivity index (χ3v) is 11.2. The van der Waals surface area contributed by atoms with Gasteiger partial charge < -0.3 is 5.11 Å². The molecule has 0 bridgehead atoms. The van der Waals surface area contributed by atoms with Gasteiger partial charge in [-0.25, -0.2) is 0 Å². The molecule has 0 amide bonds. The highest BCUT2D eigenvalue weighted by Gasteiger charge is 2.43. The molecule has 1 aromatic rings. The van der Waals surface area contributed by atoms with Crippen LogP contribution in [-0.2, 0) is 0 Å². The average molecular weight is 365 g/mol. The molecule has 0 spiro atoms. The maximum absolute atomic E-state index is 14.4. The molecule has 4 heteroatoms. The lowest BCUT2D eigenvalue weighted by molar-refractivity contribution is -0.0362. The van der Waals surface area contributed by atoms with Crippen LogP contribution < -0.4 is 0 Å². The first-order valence-corrected chi connectivity index (χ1v) is 11.1. The van der Waals surface area contributed by atoms with Gasteiger partial charge in [0.2, 0.25) is 0 Å². The van der Waals surface area contributed by atoms with Gasteiger partial charge in [0.25, 0.3) is 0 Å². The van der Waals surface area contributed by atoms with Crippen molar-refractivity contribution in [3.05, 3.63) is 42.0 Å². The quantitative estimate of drug-likeness (QED) is 0.491. The molecule has 0 saturated heterocycles. The van der Waals surface area contributed by atoms with Crippen LogP contribution in [0.1, 0.15) is 47.1 Å². The van der Waals surface area contributed by atoms with E-state index in [0.717, 1.165) is 11.6 Å². The van der Waals surface area contributed by atoms with Gasteiger partial charge in [-0.1, -0.05) is 78.0 Å². The Bertz CT molecular complexity index is 603. The second-order valence-electron chi connectivity index (χ2n) is 7.48. The smallest absolute Gasteiger partial charge is 0.336 e. The molecule has 0 aromatic heterocycles. The number of hydrogen-bond acceptors (Lipinski definition) is 1. The summed E-state index contributed by atoms with van der Waals surface area (Å²) in [5.74, 6) is -1.30. The predicted molar refractivity (Wildman–Crippen MR) is 105 cm³/mol. The number of hydrogen-bond donors (Lipinski definition) is 1. The van der Waals surface area contributed by atoms with Gasteiger partial charge in [-0.05, 0) is 34.2 Å². The first kappa shape index (κ1) is 21.6. The molecule has 25 heavy (non-hydrogen) atoms. The summed E-state index contributed by atoms with van der Waals surface area (Å²) in [6.45, 7) is 12.4. The van der Waals surface area contributed by atoms with Crippen LogP contribution in [0.3, 0.4) is 0 Å².